The van der Waals surface area contributed by atoms with Gasteiger partial charge in [0.15, 0.2) is 0 Å². The first-order chi connectivity index (χ1) is 19.8. The molecule has 41 heavy (non-hydrogen) atoms. The van der Waals surface area contributed by atoms with E-state index in [0.717, 1.165) is 61.0 Å². The van der Waals surface area contributed by atoms with Crippen LogP contribution < -0.4 is 15.4 Å². The number of hydrogen-bond donors (Lipinski definition) is 1. The van der Waals surface area contributed by atoms with Crippen LogP contribution in [-0.4, -0.2) is 65.5 Å². The van der Waals surface area contributed by atoms with Gasteiger partial charge in [0.1, 0.15) is 36.4 Å². The van der Waals surface area contributed by atoms with Crippen molar-refractivity contribution >= 4 is 11.5 Å². The summed E-state index contributed by atoms with van der Waals surface area (Å²) >= 11 is 0. The van der Waals surface area contributed by atoms with Gasteiger partial charge in [0.05, 0.1) is 29.9 Å². The van der Waals surface area contributed by atoms with Crippen molar-refractivity contribution in [3.05, 3.63) is 40.1 Å². The number of hydrogen-bond acceptors (Lipinski definition) is 8. The number of piperidine rings is 1. The topological polar surface area (TPSA) is 101 Å². The van der Waals surface area contributed by atoms with E-state index in [1.54, 1.807) is 0 Å². The maximum atomic E-state index is 14.6. The largest absolute Gasteiger partial charge is 0.461 e. The van der Waals surface area contributed by atoms with Gasteiger partial charge >= 0.3 is 6.01 Å². The number of ether oxygens (including phenoxy) is 2. The highest BCUT2D eigenvalue weighted by molar-refractivity contribution is 5.64. The molecule has 2 aromatic rings. The third kappa shape index (κ3) is 4.43. The summed E-state index contributed by atoms with van der Waals surface area (Å²) in [5, 5.41) is 10.1. The molecule has 5 atom stereocenters. The molecule has 3 fully saturated rings. The summed E-state index contributed by atoms with van der Waals surface area (Å²) in [6.07, 6.45) is 4.00. The van der Waals surface area contributed by atoms with E-state index in [1.807, 2.05) is 17.0 Å². The number of anilines is 2. The Labute approximate surface area is 239 Å². The second-order valence-corrected chi connectivity index (χ2v) is 12.8. The van der Waals surface area contributed by atoms with E-state index in [1.165, 1.54) is 0 Å². The minimum absolute atomic E-state index is 0.248. The summed E-state index contributed by atoms with van der Waals surface area (Å²) in [5.74, 6) is 0.942. The molecule has 0 bridgehead atoms. The van der Waals surface area contributed by atoms with E-state index in [9.17, 15) is 14.0 Å². The van der Waals surface area contributed by atoms with Crippen LogP contribution >= 0.6 is 0 Å². The van der Waals surface area contributed by atoms with Crippen molar-refractivity contribution in [1.82, 2.24) is 14.9 Å². The van der Waals surface area contributed by atoms with Gasteiger partial charge < -0.3 is 20.1 Å². The molecule has 218 valence electrons. The van der Waals surface area contributed by atoms with Gasteiger partial charge in [0.2, 0.25) is 0 Å². The van der Waals surface area contributed by atoms with Gasteiger partial charge in [-0.2, -0.15) is 15.2 Å². The van der Waals surface area contributed by atoms with E-state index >= 15 is 0 Å². The molecule has 0 radical (unpaired) electrons. The Balaban J connectivity index is 1.28. The Morgan fingerprint density at radius 3 is 2.85 bits per heavy atom. The molecule has 1 aromatic carbocycles. The number of halogens is 2. The molecule has 5 aliphatic rings. The maximum Gasteiger partial charge on any atom is 0.318 e. The van der Waals surface area contributed by atoms with Crippen molar-refractivity contribution in [1.29, 1.82) is 5.26 Å². The molecule has 7 rings (SSSR count). The van der Waals surface area contributed by atoms with Crippen LogP contribution in [0, 0.1) is 11.3 Å². The molecule has 1 aliphatic carbocycles. The molecule has 0 amide bonds. The number of aromatic nitrogens is 2. The average Bonchev–Trinajstić information content (AvgIpc) is 3.49. The van der Waals surface area contributed by atoms with Crippen molar-refractivity contribution in [2.75, 3.05) is 43.4 Å². The summed E-state index contributed by atoms with van der Waals surface area (Å²) in [5.41, 5.74) is 9.78. The van der Waals surface area contributed by atoms with Crippen LogP contribution in [0.3, 0.4) is 0 Å². The smallest absolute Gasteiger partial charge is 0.318 e. The standard InChI is InChI=1S/C31H38F2N6O2/c1-19-7-9-31(27-22(19)5-6-25(35)23(27)14-34)13-26-24(17-41-31)28(38-10-2-4-20(32)15-38)37-29(36-26)40-18-30-8-3-11-39(30)16-21(33)12-30/h5-6,19-21H,2-4,7-13,15-18,35H2,1H3. The van der Waals surface area contributed by atoms with Crippen LogP contribution in [0.15, 0.2) is 12.1 Å². The van der Waals surface area contributed by atoms with Crippen LogP contribution in [0.1, 0.15) is 85.7 Å². The average molecular weight is 565 g/mol. The number of nitrogens with two attached hydrogens (primary N) is 1. The summed E-state index contributed by atoms with van der Waals surface area (Å²) in [6.45, 7) is 5.06. The lowest BCUT2D eigenvalue weighted by Crippen LogP contribution is -2.44. The summed E-state index contributed by atoms with van der Waals surface area (Å²) in [7, 11) is 0. The first-order valence-corrected chi connectivity index (χ1v) is 15.1. The number of nitrogen functional groups attached to an aromatic ring is 1. The predicted octanol–water partition coefficient (Wildman–Crippen LogP) is 4.69. The summed E-state index contributed by atoms with van der Waals surface area (Å²) in [6, 6.07) is 6.44. The van der Waals surface area contributed by atoms with E-state index in [4.69, 9.17) is 25.2 Å². The van der Waals surface area contributed by atoms with Gasteiger partial charge in [0, 0.05) is 42.7 Å². The molecule has 10 heteroatoms. The molecule has 2 N–H and O–H groups in total. The van der Waals surface area contributed by atoms with Crippen molar-refractivity contribution in [3.63, 3.8) is 0 Å². The van der Waals surface area contributed by atoms with Crippen LogP contribution in [0.2, 0.25) is 0 Å². The molecule has 8 nitrogen and oxygen atoms in total. The van der Waals surface area contributed by atoms with Gasteiger partial charge in [-0.3, -0.25) is 4.90 Å². The van der Waals surface area contributed by atoms with Crippen LogP contribution in [0.5, 0.6) is 6.01 Å². The molecule has 3 saturated heterocycles. The quantitative estimate of drug-likeness (QED) is 0.534. The lowest BCUT2D eigenvalue weighted by molar-refractivity contribution is -0.0873. The van der Waals surface area contributed by atoms with Crippen LogP contribution in [0.25, 0.3) is 0 Å². The molecule has 5 unspecified atom stereocenters. The molecular formula is C31H38F2N6O2. The maximum absolute atomic E-state index is 14.6. The number of fused-ring (bicyclic) bond motifs is 4. The van der Waals surface area contributed by atoms with Gasteiger partial charge in [-0.05, 0) is 62.6 Å². The third-order valence-corrected chi connectivity index (χ3v) is 10.2. The highest BCUT2D eigenvalue weighted by Gasteiger charge is 2.50. The Morgan fingerprint density at radius 2 is 2.02 bits per heavy atom. The molecule has 5 heterocycles. The van der Waals surface area contributed by atoms with Gasteiger partial charge in [0.25, 0.3) is 0 Å². The van der Waals surface area contributed by atoms with Gasteiger partial charge in [-0.15, -0.1) is 0 Å². The van der Waals surface area contributed by atoms with Crippen LogP contribution in [0.4, 0.5) is 20.3 Å². The summed E-state index contributed by atoms with van der Waals surface area (Å²) < 4.78 is 42.0. The minimum Gasteiger partial charge on any atom is -0.461 e. The van der Waals surface area contributed by atoms with E-state index in [2.05, 4.69) is 17.9 Å². The SMILES string of the molecule is CC1CCC2(Cc3nc(OCC45CCCN4CC(F)C5)nc(N4CCCC(F)C4)c3CO2)c2c1ccc(N)c2C#N. The van der Waals surface area contributed by atoms with E-state index in [0.29, 0.717) is 56.0 Å². The van der Waals surface area contributed by atoms with Crippen molar-refractivity contribution in [2.45, 2.75) is 94.3 Å². The number of nitrogens with zero attached hydrogens (tertiary/aromatic N) is 5. The number of nitriles is 1. The first kappa shape index (κ1) is 26.8. The zero-order chi connectivity index (χ0) is 28.4. The Hall–Kier alpha value is -3.03. The molecule has 0 saturated carbocycles. The second-order valence-electron chi connectivity index (χ2n) is 12.8. The van der Waals surface area contributed by atoms with E-state index in [-0.39, 0.29) is 30.6 Å². The minimum atomic E-state index is -0.923. The van der Waals surface area contributed by atoms with Crippen molar-refractivity contribution in [2.24, 2.45) is 0 Å². The van der Waals surface area contributed by atoms with E-state index < -0.39 is 17.9 Å². The third-order valence-electron chi connectivity index (χ3n) is 10.2. The Morgan fingerprint density at radius 1 is 1.15 bits per heavy atom. The Bertz CT molecular complexity index is 1400. The fourth-order valence-electron chi connectivity index (χ4n) is 8.12. The monoisotopic (exact) mass is 564 g/mol. The number of rotatable bonds is 4. The lowest BCUT2D eigenvalue weighted by Gasteiger charge is -2.45. The normalized spacial score (nSPS) is 32.8. The van der Waals surface area contributed by atoms with Gasteiger partial charge in [-0.25, -0.2) is 8.78 Å². The predicted molar refractivity (Wildman–Crippen MR) is 150 cm³/mol. The zero-order valence-electron chi connectivity index (χ0n) is 23.7. The fourth-order valence-corrected chi connectivity index (χ4v) is 8.12. The lowest BCUT2D eigenvalue weighted by atomic mass is 9.69. The fraction of sp³-hybridized carbons (Fsp3) is 0.645. The van der Waals surface area contributed by atoms with Crippen LogP contribution in [-0.2, 0) is 23.4 Å². The number of alkyl halides is 2. The highest BCUT2D eigenvalue weighted by atomic mass is 19.1. The summed E-state index contributed by atoms with van der Waals surface area (Å²) in [4.78, 5) is 14.0. The molecular weight excluding hydrogens is 526 g/mol. The Kier molecular flexibility index (Phi) is 6.58. The van der Waals surface area contributed by atoms with Gasteiger partial charge in [-0.1, -0.05) is 13.0 Å². The number of benzene rings is 1. The van der Waals surface area contributed by atoms with Crippen molar-refractivity contribution < 1.29 is 18.3 Å². The highest BCUT2D eigenvalue weighted by Crippen LogP contribution is 2.51. The molecule has 4 aliphatic heterocycles. The van der Waals surface area contributed by atoms with Crippen molar-refractivity contribution in [3.8, 4) is 12.1 Å². The second kappa shape index (κ2) is 10.1. The first-order valence-electron chi connectivity index (χ1n) is 15.1. The zero-order valence-corrected chi connectivity index (χ0v) is 23.7. The molecule has 1 spiro atoms. The molecule has 1 aromatic heterocycles.